The van der Waals surface area contributed by atoms with Crippen LogP contribution in [0.2, 0.25) is 0 Å². The number of nitrogens with one attached hydrogen (secondary N) is 1. The van der Waals surface area contributed by atoms with Gasteiger partial charge in [-0.25, -0.2) is 0 Å². The second-order valence-electron chi connectivity index (χ2n) is 5.52. The maximum Gasteiger partial charge on any atom is 0.246 e. The van der Waals surface area contributed by atoms with Gasteiger partial charge in [0.1, 0.15) is 12.6 Å². The van der Waals surface area contributed by atoms with Crippen LogP contribution in [-0.2, 0) is 27.4 Å². The summed E-state index contributed by atoms with van der Waals surface area (Å²) >= 11 is 0. The zero-order chi connectivity index (χ0) is 18.1. The number of nitrogens with zero attached hydrogens (tertiary/aromatic N) is 1. The third kappa shape index (κ3) is 6.09. The predicted octanol–water partition coefficient (Wildman–Crippen LogP) is 1.29. The van der Waals surface area contributed by atoms with Gasteiger partial charge < -0.3 is 15.8 Å². The molecule has 0 saturated heterocycles. The minimum atomic E-state index is -0.859. The van der Waals surface area contributed by atoms with E-state index in [1.54, 1.807) is 24.3 Å². The van der Waals surface area contributed by atoms with Gasteiger partial charge in [0.05, 0.1) is 18.2 Å². The summed E-state index contributed by atoms with van der Waals surface area (Å²) < 4.78 is 5.34. The Kier molecular flexibility index (Phi) is 6.69. The Bertz CT molecular complexity index is 769. The first kappa shape index (κ1) is 18.2. The molecule has 2 rings (SSSR count). The van der Waals surface area contributed by atoms with Gasteiger partial charge in [0.25, 0.3) is 0 Å². The number of amides is 2. The van der Waals surface area contributed by atoms with Crippen LogP contribution < -0.4 is 11.1 Å². The second kappa shape index (κ2) is 9.21. The normalized spacial score (nSPS) is 11.3. The molecule has 0 unspecified atom stereocenters. The highest BCUT2D eigenvalue weighted by Gasteiger charge is 2.18. The molecule has 25 heavy (non-hydrogen) atoms. The van der Waals surface area contributed by atoms with Crippen LogP contribution in [0, 0.1) is 11.3 Å². The molecule has 6 heteroatoms. The average Bonchev–Trinajstić information content (AvgIpc) is 2.62. The zero-order valence-corrected chi connectivity index (χ0v) is 13.6. The number of hydrogen-bond donors (Lipinski definition) is 2. The third-order valence-electron chi connectivity index (χ3n) is 3.52. The highest BCUT2D eigenvalue weighted by molar-refractivity contribution is 5.87. The van der Waals surface area contributed by atoms with Crippen molar-refractivity contribution in [3.8, 4) is 6.07 Å². The van der Waals surface area contributed by atoms with Gasteiger partial charge in [-0.05, 0) is 23.3 Å². The topological polar surface area (TPSA) is 105 Å². The van der Waals surface area contributed by atoms with Crippen LogP contribution in [0.3, 0.4) is 0 Å². The minimum Gasteiger partial charge on any atom is -0.368 e. The van der Waals surface area contributed by atoms with Gasteiger partial charge in [0.15, 0.2) is 0 Å². The fraction of sp³-hybridized carbons (Fsp3) is 0.211. The number of nitrogens with two attached hydrogens (primary N) is 1. The molecule has 2 aromatic rings. The number of primary amides is 1. The van der Waals surface area contributed by atoms with Crippen LogP contribution >= 0.6 is 0 Å². The Balaban J connectivity index is 1.86. The number of carbonyl (C=O) groups excluding carboxylic acids is 2. The predicted molar refractivity (Wildman–Crippen MR) is 92.1 cm³/mol. The maximum atomic E-state index is 12.0. The van der Waals surface area contributed by atoms with E-state index >= 15 is 0 Å². The number of carbonyl (C=O) groups is 2. The van der Waals surface area contributed by atoms with E-state index in [1.165, 1.54) is 0 Å². The molecule has 1 atom stereocenters. The molecule has 6 nitrogen and oxygen atoms in total. The molecule has 0 aliphatic carbocycles. The SMILES string of the molecule is N#Cc1cccc(C[C@@H](NC(=O)COCc2ccccc2)C(N)=O)c1. The summed E-state index contributed by atoms with van der Waals surface area (Å²) in [6.07, 6.45) is 0.218. The molecule has 128 valence electrons. The number of benzene rings is 2. The Morgan fingerprint density at radius 3 is 2.52 bits per heavy atom. The molecule has 0 spiro atoms. The van der Waals surface area contributed by atoms with Crippen molar-refractivity contribution in [1.82, 2.24) is 5.32 Å². The average molecular weight is 337 g/mol. The quantitative estimate of drug-likeness (QED) is 0.757. The van der Waals surface area contributed by atoms with Crippen LogP contribution in [0.15, 0.2) is 54.6 Å². The van der Waals surface area contributed by atoms with E-state index in [-0.39, 0.29) is 13.0 Å². The molecule has 0 fully saturated rings. The van der Waals surface area contributed by atoms with Gasteiger partial charge in [-0.3, -0.25) is 9.59 Å². The van der Waals surface area contributed by atoms with Crippen LogP contribution in [-0.4, -0.2) is 24.5 Å². The number of hydrogen-bond acceptors (Lipinski definition) is 4. The Morgan fingerprint density at radius 2 is 1.84 bits per heavy atom. The summed E-state index contributed by atoms with van der Waals surface area (Å²) in [6.45, 7) is 0.136. The maximum absolute atomic E-state index is 12.0. The Morgan fingerprint density at radius 1 is 1.12 bits per heavy atom. The standard InChI is InChI=1S/C19H19N3O3/c20-11-16-8-4-7-15(9-16)10-17(19(21)24)22-18(23)13-25-12-14-5-2-1-3-6-14/h1-9,17H,10,12-13H2,(H2,21,24)(H,22,23)/t17-/m1/s1. The van der Waals surface area contributed by atoms with Crippen molar-refractivity contribution >= 4 is 11.8 Å². The van der Waals surface area contributed by atoms with Crippen molar-refractivity contribution in [1.29, 1.82) is 5.26 Å². The summed E-state index contributed by atoms with van der Waals surface area (Å²) in [4.78, 5) is 23.6. The first-order valence-corrected chi connectivity index (χ1v) is 7.78. The monoisotopic (exact) mass is 337 g/mol. The van der Waals surface area contributed by atoms with Gasteiger partial charge in [-0.1, -0.05) is 42.5 Å². The Labute approximate surface area is 146 Å². The number of rotatable bonds is 8. The fourth-order valence-corrected chi connectivity index (χ4v) is 2.30. The summed E-state index contributed by atoms with van der Waals surface area (Å²) in [5.74, 6) is -1.06. The molecule has 2 aromatic carbocycles. The lowest BCUT2D eigenvalue weighted by atomic mass is 10.0. The summed E-state index contributed by atoms with van der Waals surface area (Å²) in [6, 6.07) is 17.4. The second-order valence-corrected chi connectivity index (χ2v) is 5.52. The molecule has 0 radical (unpaired) electrons. The summed E-state index contributed by atoms with van der Waals surface area (Å²) in [5, 5.41) is 11.5. The van der Waals surface area contributed by atoms with E-state index in [1.807, 2.05) is 36.4 Å². The molecule has 2 amide bonds. The largest absolute Gasteiger partial charge is 0.368 e. The molecule has 0 bridgehead atoms. The summed E-state index contributed by atoms with van der Waals surface area (Å²) in [5.41, 5.74) is 7.55. The van der Waals surface area contributed by atoms with E-state index in [0.717, 1.165) is 11.1 Å². The molecule has 0 aliphatic rings. The van der Waals surface area contributed by atoms with Crippen molar-refractivity contribution in [2.24, 2.45) is 5.73 Å². The van der Waals surface area contributed by atoms with E-state index in [4.69, 9.17) is 15.7 Å². The highest BCUT2D eigenvalue weighted by atomic mass is 16.5. The van der Waals surface area contributed by atoms with Crippen LogP contribution in [0.1, 0.15) is 16.7 Å². The molecule has 0 heterocycles. The van der Waals surface area contributed by atoms with Gasteiger partial charge >= 0.3 is 0 Å². The van der Waals surface area contributed by atoms with Crippen molar-refractivity contribution in [2.45, 2.75) is 19.1 Å². The first-order chi connectivity index (χ1) is 12.1. The van der Waals surface area contributed by atoms with Crippen molar-refractivity contribution in [2.75, 3.05) is 6.61 Å². The third-order valence-corrected chi connectivity index (χ3v) is 3.52. The molecule has 0 aliphatic heterocycles. The first-order valence-electron chi connectivity index (χ1n) is 7.78. The van der Waals surface area contributed by atoms with Crippen molar-refractivity contribution < 1.29 is 14.3 Å². The van der Waals surface area contributed by atoms with E-state index in [0.29, 0.717) is 12.2 Å². The molecule has 0 aromatic heterocycles. The number of nitriles is 1. The van der Waals surface area contributed by atoms with Gasteiger partial charge in [-0.15, -0.1) is 0 Å². The lowest BCUT2D eigenvalue weighted by molar-refractivity contribution is -0.130. The van der Waals surface area contributed by atoms with Crippen LogP contribution in [0.4, 0.5) is 0 Å². The highest BCUT2D eigenvalue weighted by Crippen LogP contribution is 2.07. The van der Waals surface area contributed by atoms with Crippen LogP contribution in [0.5, 0.6) is 0 Å². The molecular weight excluding hydrogens is 318 g/mol. The van der Waals surface area contributed by atoms with Crippen molar-refractivity contribution in [3.63, 3.8) is 0 Å². The fourth-order valence-electron chi connectivity index (χ4n) is 2.30. The van der Waals surface area contributed by atoms with Gasteiger partial charge in [-0.2, -0.15) is 5.26 Å². The number of ether oxygens (including phenoxy) is 1. The van der Waals surface area contributed by atoms with E-state index in [9.17, 15) is 9.59 Å². The molecular formula is C19H19N3O3. The van der Waals surface area contributed by atoms with Crippen LogP contribution in [0.25, 0.3) is 0 Å². The lowest BCUT2D eigenvalue weighted by Crippen LogP contribution is -2.47. The lowest BCUT2D eigenvalue weighted by Gasteiger charge is -2.16. The van der Waals surface area contributed by atoms with Gasteiger partial charge in [0.2, 0.25) is 11.8 Å². The summed E-state index contributed by atoms with van der Waals surface area (Å²) in [7, 11) is 0. The molecule has 3 N–H and O–H groups in total. The molecule has 0 saturated carbocycles. The zero-order valence-electron chi connectivity index (χ0n) is 13.6. The van der Waals surface area contributed by atoms with E-state index in [2.05, 4.69) is 5.32 Å². The van der Waals surface area contributed by atoms with Gasteiger partial charge in [0, 0.05) is 6.42 Å². The minimum absolute atomic E-state index is 0.170. The van der Waals surface area contributed by atoms with E-state index < -0.39 is 17.9 Å². The Hall–Kier alpha value is -3.17. The smallest absolute Gasteiger partial charge is 0.246 e. The van der Waals surface area contributed by atoms with Crippen molar-refractivity contribution in [3.05, 3.63) is 71.3 Å².